The van der Waals surface area contributed by atoms with Crippen LogP contribution in [-0.4, -0.2) is 25.8 Å². The predicted octanol–water partition coefficient (Wildman–Crippen LogP) is 3.84. The molecule has 6 rings (SSSR count). The second kappa shape index (κ2) is 8.00. The molecule has 1 fully saturated rings. The number of aliphatic hydroxyl groups excluding tert-OH is 1. The number of aromatic amines is 3. The van der Waals surface area contributed by atoms with Crippen molar-refractivity contribution in [3.05, 3.63) is 78.2 Å². The topological polar surface area (TPSA) is 96.7 Å². The molecule has 2 aliphatic heterocycles. The number of carbonyl (C=O) groups is 1. The minimum atomic E-state index is -0.0273. The van der Waals surface area contributed by atoms with Gasteiger partial charge in [0.15, 0.2) is 5.78 Å². The molecule has 36 heavy (non-hydrogen) atoms. The van der Waals surface area contributed by atoms with Gasteiger partial charge in [0.25, 0.3) is 0 Å². The zero-order valence-electron chi connectivity index (χ0n) is 21.9. The number of fused-ring (bicyclic) bond motifs is 7. The number of aliphatic hydroxyl groups is 1. The van der Waals surface area contributed by atoms with E-state index in [-0.39, 0.29) is 24.2 Å². The SMILES string of the molecule is CCc1c(C)/c2[nH]/c1=C\c1[nH]c3c(c1C)C(=O)C/C3=C1/N/C(=C\c3[nH]c(c(CO)c3C)\C=2)[C@@H](C)[C@@H]1C. The van der Waals surface area contributed by atoms with E-state index >= 15 is 0 Å². The molecule has 1 aliphatic carbocycles. The van der Waals surface area contributed by atoms with Gasteiger partial charge in [-0.1, -0.05) is 20.8 Å². The van der Waals surface area contributed by atoms with Crippen LogP contribution in [0.2, 0.25) is 0 Å². The molecule has 1 saturated heterocycles. The van der Waals surface area contributed by atoms with Crippen LogP contribution in [-0.2, 0) is 13.0 Å². The van der Waals surface area contributed by atoms with E-state index in [2.05, 4.69) is 73.1 Å². The molecule has 6 heteroatoms. The quantitative estimate of drug-likeness (QED) is 0.384. The number of carbonyl (C=O) groups excluding carboxylic acids is 1. The zero-order chi connectivity index (χ0) is 25.5. The summed E-state index contributed by atoms with van der Waals surface area (Å²) in [7, 11) is 0. The number of hydrogen-bond acceptors (Lipinski definition) is 3. The fourth-order valence-electron chi connectivity index (χ4n) is 6.32. The van der Waals surface area contributed by atoms with Crippen molar-refractivity contribution in [2.45, 2.75) is 61.0 Å². The minimum absolute atomic E-state index is 0.0273. The number of hydrogen-bond donors (Lipinski definition) is 5. The van der Waals surface area contributed by atoms with Crippen molar-refractivity contribution in [2.24, 2.45) is 11.8 Å². The fraction of sp³-hybridized carbons (Fsp3) is 0.367. The summed E-state index contributed by atoms with van der Waals surface area (Å²) in [6.07, 6.45) is 7.75. The Labute approximate surface area is 210 Å². The smallest absolute Gasteiger partial charge is 0.169 e. The van der Waals surface area contributed by atoms with Crippen LogP contribution >= 0.6 is 0 Å². The van der Waals surface area contributed by atoms with Gasteiger partial charge in [-0.2, -0.15) is 0 Å². The molecule has 0 unspecified atom stereocenters. The summed E-state index contributed by atoms with van der Waals surface area (Å²) in [6, 6.07) is 0. The van der Waals surface area contributed by atoms with E-state index in [0.29, 0.717) is 6.42 Å². The van der Waals surface area contributed by atoms with Gasteiger partial charge in [0.1, 0.15) is 0 Å². The van der Waals surface area contributed by atoms with Gasteiger partial charge in [-0.05, 0) is 67.7 Å². The van der Waals surface area contributed by atoms with E-state index in [4.69, 9.17) is 0 Å². The van der Waals surface area contributed by atoms with Crippen molar-refractivity contribution in [2.75, 3.05) is 0 Å². The molecular weight excluding hydrogens is 448 g/mol. The first-order valence-corrected chi connectivity index (χ1v) is 12.9. The molecule has 3 aliphatic rings. The lowest BCUT2D eigenvalue weighted by atomic mass is 9.92. The highest BCUT2D eigenvalue weighted by molar-refractivity contribution is 6.13. The van der Waals surface area contributed by atoms with Crippen LogP contribution in [0.4, 0.5) is 0 Å². The number of aromatic nitrogens is 3. The molecule has 3 aromatic heterocycles. The second-order valence-corrected chi connectivity index (χ2v) is 10.6. The molecule has 6 nitrogen and oxygen atoms in total. The fourth-order valence-corrected chi connectivity index (χ4v) is 6.32. The molecule has 2 atom stereocenters. The highest BCUT2D eigenvalue weighted by Gasteiger charge is 2.37. The summed E-state index contributed by atoms with van der Waals surface area (Å²) in [5.41, 5.74) is 13.5. The minimum Gasteiger partial charge on any atom is -0.392 e. The van der Waals surface area contributed by atoms with Crippen LogP contribution in [0.5, 0.6) is 0 Å². The van der Waals surface area contributed by atoms with Crippen molar-refractivity contribution < 1.29 is 9.90 Å². The maximum atomic E-state index is 13.2. The lowest BCUT2D eigenvalue weighted by Gasteiger charge is -2.11. The summed E-state index contributed by atoms with van der Waals surface area (Å²) in [5, 5.41) is 16.0. The maximum Gasteiger partial charge on any atom is 0.169 e. The zero-order valence-corrected chi connectivity index (χ0v) is 21.9. The van der Waals surface area contributed by atoms with Crippen LogP contribution in [0.15, 0.2) is 11.4 Å². The first-order valence-electron chi connectivity index (χ1n) is 12.9. The van der Waals surface area contributed by atoms with Gasteiger partial charge in [0.05, 0.1) is 12.3 Å². The van der Waals surface area contributed by atoms with Crippen LogP contribution in [0, 0.1) is 32.6 Å². The first-order chi connectivity index (χ1) is 17.2. The van der Waals surface area contributed by atoms with E-state index in [0.717, 1.165) is 79.1 Å². The van der Waals surface area contributed by atoms with Gasteiger partial charge in [0, 0.05) is 74.1 Å². The summed E-state index contributed by atoms with van der Waals surface area (Å²) in [6.45, 7) is 12.9. The Morgan fingerprint density at radius 3 is 2.31 bits per heavy atom. The van der Waals surface area contributed by atoms with Crippen molar-refractivity contribution >= 4 is 29.6 Å². The standard InChI is InChI=1S/C30H34N4O2/c1-7-18-15(4)23-10-26-20(12-35)16(5)22(32-26)9-21-13(2)14(3)29(33-21)19-8-27(36)28-17(6)24(34-30(19)28)11-25(18)31-23/h9-11,13-14,31-35H,7-8,12H2,1-6H3/b21-9-,23-10-,25-11-,29-19-/t13-,14-/m0/s1. The number of allylic oxidation sites excluding steroid dienone is 3. The van der Waals surface area contributed by atoms with Crippen LogP contribution in [0.25, 0.3) is 23.8 Å². The Morgan fingerprint density at radius 2 is 1.58 bits per heavy atom. The highest BCUT2D eigenvalue weighted by atomic mass is 16.3. The monoisotopic (exact) mass is 482 g/mol. The van der Waals surface area contributed by atoms with E-state index in [1.165, 1.54) is 11.1 Å². The van der Waals surface area contributed by atoms with Gasteiger partial charge < -0.3 is 25.4 Å². The number of Topliss-reactive ketones (excluding diaryl/α,β-unsaturated/α-hetero) is 1. The number of rotatable bonds is 2. The molecular formula is C30H34N4O2. The van der Waals surface area contributed by atoms with Crippen molar-refractivity contribution in [3.8, 4) is 0 Å². The van der Waals surface area contributed by atoms with Crippen LogP contribution < -0.4 is 16.0 Å². The van der Waals surface area contributed by atoms with Crippen LogP contribution in [0.3, 0.4) is 0 Å². The van der Waals surface area contributed by atoms with Crippen molar-refractivity contribution in [3.63, 3.8) is 0 Å². The van der Waals surface area contributed by atoms with Gasteiger partial charge in [0.2, 0.25) is 0 Å². The molecule has 5 heterocycles. The molecule has 0 aromatic carbocycles. The highest BCUT2D eigenvalue weighted by Crippen LogP contribution is 2.43. The molecule has 5 N–H and O–H groups in total. The van der Waals surface area contributed by atoms with Gasteiger partial charge >= 0.3 is 0 Å². The maximum absolute atomic E-state index is 13.2. The Hall–Kier alpha value is -3.51. The summed E-state index contributed by atoms with van der Waals surface area (Å²) in [4.78, 5) is 24.0. The number of nitrogens with one attached hydrogen (secondary N) is 4. The first kappa shape index (κ1) is 22.9. The molecule has 8 bridgehead atoms. The lowest BCUT2D eigenvalue weighted by molar-refractivity contribution is 0.100. The molecule has 3 aromatic rings. The summed E-state index contributed by atoms with van der Waals surface area (Å²) >= 11 is 0. The lowest BCUT2D eigenvalue weighted by Crippen LogP contribution is -2.13. The Bertz CT molecular complexity index is 1640. The average Bonchev–Trinajstić information content (AvgIpc) is 3.58. The molecule has 0 amide bonds. The van der Waals surface area contributed by atoms with E-state index in [9.17, 15) is 9.90 Å². The average molecular weight is 483 g/mol. The second-order valence-electron chi connectivity index (χ2n) is 10.6. The van der Waals surface area contributed by atoms with E-state index in [1.54, 1.807) is 0 Å². The Morgan fingerprint density at radius 1 is 0.861 bits per heavy atom. The van der Waals surface area contributed by atoms with Crippen molar-refractivity contribution in [1.29, 1.82) is 0 Å². The van der Waals surface area contributed by atoms with Crippen LogP contribution in [0.1, 0.15) is 88.1 Å². The normalized spacial score (nSPS) is 25.8. The van der Waals surface area contributed by atoms with E-state index < -0.39 is 0 Å². The molecule has 0 radical (unpaired) electrons. The Balaban J connectivity index is 1.73. The summed E-state index contributed by atoms with van der Waals surface area (Å²) in [5.74, 6) is 0.721. The number of ketones is 1. The molecule has 0 spiro atoms. The third kappa shape index (κ3) is 3.10. The largest absolute Gasteiger partial charge is 0.392 e. The third-order valence-corrected chi connectivity index (χ3v) is 8.80. The van der Waals surface area contributed by atoms with Gasteiger partial charge in [-0.15, -0.1) is 0 Å². The van der Waals surface area contributed by atoms with Gasteiger partial charge in [-0.25, -0.2) is 0 Å². The molecule has 0 saturated carbocycles. The predicted molar refractivity (Wildman–Crippen MR) is 144 cm³/mol. The van der Waals surface area contributed by atoms with E-state index in [1.807, 2.05) is 6.92 Å². The third-order valence-electron chi connectivity index (χ3n) is 8.80. The van der Waals surface area contributed by atoms with Crippen molar-refractivity contribution in [1.82, 2.24) is 20.3 Å². The van der Waals surface area contributed by atoms with Gasteiger partial charge in [-0.3, -0.25) is 4.79 Å². The Kier molecular flexibility index (Phi) is 5.09. The number of H-pyrrole nitrogens is 3. The molecule has 186 valence electrons. The summed E-state index contributed by atoms with van der Waals surface area (Å²) < 4.78 is 0.